The molecule has 0 heterocycles. The van der Waals surface area contributed by atoms with Gasteiger partial charge in [0.1, 0.15) is 0 Å². The molecule has 0 bridgehead atoms. The van der Waals surface area contributed by atoms with E-state index in [9.17, 15) is 22.9 Å². The molecule has 0 radical (unpaired) electrons. The fourth-order valence-electron chi connectivity index (χ4n) is 5.21. The number of amides is 1. The van der Waals surface area contributed by atoms with Crippen LogP contribution >= 0.6 is 0 Å². The van der Waals surface area contributed by atoms with Crippen molar-refractivity contribution in [3.8, 4) is 0 Å². The number of rotatable bonds is 31. The summed E-state index contributed by atoms with van der Waals surface area (Å²) in [7, 11) is -4.34. The van der Waals surface area contributed by atoms with Crippen molar-refractivity contribution in [2.24, 2.45) is 0 Å². The first-order chi connectivity index (χ1) is 20.3. The van der Waals surface area contributed by atoms with E-state index < -0.39 is 28.0 Å². The van der Waals surface area contributed by atoms with Crippen LogP contribution in [0.4, 0.5) is 0 Å². The van der Waals surface area contributed by atoms with Gasteiger partial charge in [-0.05, 0) is 44.9 Å². The lowest BCUT2D eigenvalue weighted by atomic mass is 10.0. The highest BCUT2D eigenvalue weighted by molar-refractivity contribution is 7.85. The van der Waals surface area contributed by atoms with Gasteiger partial charge in [0.05, 0.1) is 17.9 Å². The Morgan fingerprint density at radius 3 is 1.45 bits per heavy atom. The highest BCUT2D eigenvalue weighted by Gasteiger charge is 2.24. The zero-order valence-corrected chi connectivity index (χ0v) is 28.2. The van der Waals surface area contributed by atoms with Crippen molar-refractivity contribution in [3.05, 3.63) is 24.3 Å². The van der Waals surface area contributed by atoms with E-state index >= 15 is 0 Å². The summed E-state index contributed by atoms with van der Waals surface area (Å²) in [5.74, 6) is -0.988. The van der Waals surface area contributed by atoms with Crippen LogP contribution in [0.15, 0.2) is 24.3 Å². The SMILES string of the molecule is CCCCCC/C=C\CCCCCCCC(=O)NC(CS(=O)(=O)O)C(O)/C=C/CCCCCCCCCCCCCC. The number of hydrogen-bond acceptors (Lipinski definition) is 4. The lowest BCUT2D eigenvalue weighted by molar-refractivity contribution is -0.122. The first-order valence-electron chi connectivity index (χ1n) is 17.5. The number of unbranched alkanes of at least 4 members (excludes halogenated alkanes) is 21. The Labute approximate surface area is 260 Å². The van der Waals surface area contributed by atoms with Crippen LogP contribution in [-0.2, 0) is 14.9 Å². The lowest BCUT2D eigenvalue weighted by Gasteiger charge is -2.21. The second-order valence-electron chi connectivity index (χ2n) is 12.1. The van der Waals surface area contributed by atoms with E-state index in [0.717, 1.165) is 57.8 Å². The molecule has 2 unspecified atom stereocenters. The lowest BCUT2D eigenvalue weighted by Crippen LogP contribution is -2.46. The third-order valence-electron chi connectivity index (χ3n) is 7.87. The van der Waals surface area contributed by atoms with Gasteiger partial charge >= 0.3 is 0 Å². The summed E-state index contributed by atoms with van der Waals surface area (Å²) in [6.07, 6.45) is 35.8. The predicted molar refractivity (Wildman–Crippen MR) is 179 cm³/mol. The minimum Gasteiger partial charge on any atom is -0.387 e. The van der Waals surface area contributed by atoms with Crippen molar-refractivity contribution in [3.63, 3.8) is 0 Å². The number of hydrogen-bond donors (Lipinski definition) is 3. The summed E-state index contributed by atoms with van der Waals surface area (Å²) in [6, 6.07) is -1.06. The van der Waals surface area contributed by atoms with Crippen LogP contribution in [0.5, 0.6) is 0 Å². The van der Waals surface area contributed by atoms with Gasteiger partial charge in [0, 0.05) is 6.42 Å². The minimum atomic E-state index is -4.34. The zero-order chi connectivity index (χ0) is 31.2. The summed E-state index contributed by atoms with van der Waals surface area (Å²) in [6.45, 7) is 4.48. The molecule has 0 saturated carbocycles. The number of aliphatic hydroxyl groups excluding tert-OH is 1. The summed E-state index contributed by atoms with van der Waals surface area (Å²) >= 11 is 0. The van der Waals surface area contributed by atoms with E-state index in [2.05, 4.69) is 31.3 Å². The van der Waals surface area contributed by atoms with E-state index in [4.69, 9.17) is 0 Å². The van der Waals surface area contributed by atoms with E-state index in [0.29, 0.717) is 0 Å². The van der Waals surface area contributed by atoms with Crippen molar-refractivity contribution >= 4 is 16.0 Å². The maximum atomic E-state index is 12.4. The van der Waals surface area contributed by atoms with Crippen molar-refractivity contribution in [1.29, 1.82) is 0 Å². The summed E-state index contributed by atoms with van der Waals surface area (Å²) < 4.78 is 32.3. The van der Waals surface area contributed by atoms with Crippen LogP contribution < -0.4 is 5.32 Å². The number of carbonyl (C=O) groups is 1. The molecule has 0 aliphatic heterocycles. The van der Waals surface area contributed by atoms with Crippen molar-refractivity contribution < 1.29 is 22.9 Å². The monoisotopic (exact) mass is 613 g/mol. The molecule has 7 heteroatoms. The van der Waals surface area contributed by atoms with Gasteiger partial charge in [0.25, 0.3) is 10.1 Å². The molecular weight excluding hydrogens is 546 g/mol. The molecule has 0 spiro atoms. The number of aliphatic hydroxyl groups is 1. The molecule has 0 rings (SSSR count). The van der Waals surface area contributed by atoms with Crippen LogP contribution in [0.2, 0.25) is 0 Å². The molecule has 0 aliphatic carbocycles. The Balaban J connectivity index is 4.03. The highest BCUT2D eigenvalue weighted by atomic mass is 32.2. The molecule has 0 aromatic rings. The molecule has 0 aromatic carbocycles. The van der Waals surface area contributed by atoms with Gasteiger partial charge in [-0.25, -0.2) is 0 Å². The van der Waals surface area contributed by atoms with Crippen LogP contribution in [-0.4, -0.2) is 41.9 Å². The minimum absolute atomic E-state index is 0.287. The van der Waals surface area contributed by atoms with Gasteiger partial charge in [0.15, 0.2) is 0 Å². The van der Waals surface area contributed by atoms with E-state index in [-0.39, 0.29) is 12.3 Å². The molecule has 0 fully saturated rings. The smallest absolute Gasteiger partial charge is 0.267 e. The number of nitrogens with one attached hydrogen (secondary N) is 1. The average molecular weight is 614 g/mol. The van der Waals surface area contributed by atoms with Gasteiger partial charge in [-0.15, -0.1) is 0 Å². The molecule has 42 heavy (non-hydrogen) atoms. The Kier molecular flexibility index (Phi) is 29.0. The summed E-state index contributed by atoms with van der Waals surface area (Å²) in [5.41, 5.74) is 0. The molecule has 6 nitrogen and oxygen atoms in total. The second-order valence-corrected chi connectivity index (χ2v) is 13.6. The topological polar surface area (TPSA) is 104 Å². The van der Waals surface area contributed by atoms with Crippen LogP contribution in [0.1, 0.15) is 174 Å². The fourth-order valence-corrected chi connectivity index (χ4v) is 5.94. The Bertz CT molecular complexity index is 765. The Morgan fingerprint density at radius 2 is 1.00 bits per heavy atom. The predicted octanol–water partition coefficient (Wildman–Crippen LogP) is 9.62. The largest absolute Gasteiger partial charge is 0.387 e. The molecule has 0 aliphatic rings. The quantitative estimate of drug-likeness (QED) is 0.0410. The number of allylic oxidation sites excluding steroid dienone is 3. The maximum absolute atomic E-state index is 12.4. The summed E-state index contributed by atoms with van der Waals surface area (Å²) in [4.78, 5) is 12.4. The molecule has 2 atom stereocenters. The van der Waals surface area contributed by atoms with E-state index in [1.54, 1.807) is 6.08 Å². The molecule has 3 N–H and O–H groups in total. The Hall–Kier alpha value is -1.18. The van der Waals surface area contributed by atoms with Gasteiger partial charge in [-0.3, -0.25) is 9.35 Å². The fraction of sp³-hybridized carbons (Fsp3) is 0.857. The van der Waals surface area contributed by atoms with Crippen molar-refractivity contribution in [1.82, 2.24) is 5.32 Å². The van der Waals surface area contributed by atoms with Gasteiger partial charge < -0.3 is 10.4 Å². The normalized spacial score (nSPS) is 13.7. The third-order valence-corrected chi connectivity index (χ3v) is 8.65. The number of carbonyl (C=O) groups excluding carboxylic acids is 1. The van der Waals surface area contributed by atoms with Crippen LogP contribution in [0, 0.1) is 0 Å². The summed E-state index contributed by atoms with van der Waals surface area (Å²) in [5, 5.41) is 13.1. The maximum Gasteiger partial charge on any atom is 0.267 e. The average Bonchev–Trinajstić information content (AvgIpc) is 2.94. The van der Waals surface area contributed by atoms with Crippen molar-refractivity contribution in [2.45, 2.75) is 187 Å². The molecule has 0 saturated heterocycles. The second kappa shape index (κ2) is 29.9. The van der Waals surface area contributed by atoms with Gasteiger partial charge in [-0.2, -0.15) is 8.42 Å². The molecular formula is C35H67NO5S. The zero-order valence-electron chi connectivity index (χ0n) is 27.4. The molecule has 1 amide bonds. The van der Waals surface area contributed by atoms with Gasteiger partial charge in [0.2, 0.25) is 5.91 Å². The van der Waals surface area contributed by atoms with Crippen LogP contribution in [0.3, 0.4) is 0 Å². The highest BCUT2D eigenvalue weighted by Crippen LogP contribution is 2.13. The van der Waals surface area contributed by atoms with E-state index in [1.807, 2.05) is 6.08 Å². The third kappa shape index (κ3) is 30.3. The first kappa shape index (κ1) is 40.8. The Morgan fingerprint density at radius 1 is 0.619 bits per heavy atom. The van der Waals surface area contributed by atoms with Gasteiger partial charge in [-0.1, -0.05) is 147 Å². The molecule has 248 valence electrons. The van der Waals surface area contributed by atoms with E-state index in [1.165, 1.54) is 96.3 Å². The first-order valence-corrected chi connectivity index (χ1v) is 19.1. The van der Waals surface area contributed by atoms with Crippen LogP contribution in [0.25, 0.3) is 0 Å². The van der Waals surface area contributed by atoms with Crippen molar-refractivity contribution in [2.75, 3.05) is 5.75 Å². The standard InChI is InChI=1S/C35H67NO5S/c1-3-5-7-9-11-13-15-17-19-20-22-24-26-28-30-34(37)33(32-42(39,40)41)36-35(38)31-29-27-25-23-21-18-16-14-12-10-8-6-4-2/h14,16,28,30,33-34,37H,3-13,15,17-27,29,31-32H2,1-2H3,(H,36,38)(H,39,40,41)/b16-14-,30-28+. The molecule has 0 aromatic heterocycles.